The maximum Gasteiger partial charge on any atom is 0.0876 e. The van der Waals surface area contributed by atoms with Crippen molar-refractivity contribution in [2.45, 2.75) is 26.3 Å². The van der Waals surface area contributed by atoms with Crippen LogP contribution in [0.3, 0.4) is 0 Å². The summed E-state index contributed by atoms with van der Waals surface area (Å²) in [5.74, 6) is 0. The van der Waals surface area contributed by atoms with Gasteiger partial charge in [-0.05, 0) is 64.8 Å². The third-order valence-electron chi connectivity index (χ3n) is 2.79. The zero-order valence-corrected chi connectivity index (χ0v) is 15.2. The Balaban J connectivity index is 2.26. The normalized spacial score (nSPS) is 16.9. The van der Waals surface area contributed by atoms with E-state index in [-0.39, 0.29) is 5.54 Å². The molecule has 0 saturated carbocycles. The van der Waals surface area contributed by atoms with Gasteiger partial charge in [-0.15, -0.1) is 0 Å². The summed E-state index contributed by atoms with van der Waals surface area (Å²) in [5, 5.41) is 8.61. The number of hydrogen-bond donors (Lipinski definition) is 0. The summed E-state index contributed by atoms with van der Waals surface area (Å²) < 4.78 is 7.44. The highest BCUT2D eigenvalue weighted by atomic mass is 79.9. The van der Waals surface area contributed by atoms with E-state index in [2.05, 4.69) is 47.0 Å². The summed E-state index contributed by atoms with van der Waals surface area (Å²) in [6.45, 7) is 9.43. The van der Waals surface area contributed by atoms with Gasteiger partial charge in [0.2, 0.25) is 0 Å². The number of benzene rings is 1. The van der Waals surface area contributed by atoms with Crippen LogP contribution in [0.15, 0.2) is 31.3 Å². The summed E-state index contributed by atoms with van der Waals surface area (Å²) in [6, 6.07) is 4.01. The number of ether oxygens (including phenoxy) is 1. The smallest absolute Gasteiger partial charge is 0.0876 e. The van der Waals surface area contributed by atoms with E-state index in [0.717, 1.165) is 46.6 Å². The van der Waals surface area contributed by atoms with Gasteiger partial charge in [-0.3, -0.25) is 0 Å². The first-order chi connectivity index (χ1) is 9.37. The van der Waals surface area contributed by atoms with Gasteiger partial charge in [-0.1, -0.05) is 0 Å². The summed E-state index contributed by atoms with van der Waals surface area (Å²) in [5.41, 5.74) is 1.83. The van der Waals surface area contributed by atoms with E-state index >= 15 is 0 Å². The molecule has 0 aliphatic carbocycles. The van der Waals surface area contributed by atoms with Gasteiger partial charge < -0.3 is 9.64 Å². The quantitative estimate of drug-likeness (QED) is 0.655. The molecule has 0 spiro atoms. The zero-order chi connectivity index (χ0) is 14.8. The minimum atomic E-state index is -0.165. The number of nitrogens with zero attached hydrogens (tertiary/aromatic N) is 3. The second-order valence-corrected chi connectivity index (χ2v) is 7.44. The highest BCUT2D eigenvalue weighted by molar-refractivity contribution is 9.11. The fourth-order valence-electron chi connectivity index (χ4n) is 1.91. The van der Waals surface area contributed by atoms with Crippen molar-refractivity contribution in [1.29, 1.82) is 0 Å². The lowest BCUT2D eigenvalue weighted by atomic mass is 10.1. The van der Waals surface area contributed by atoms with Crippen molar-refractivity contribution in [3.8, 4) is 0 Å². The lowest BCUT2D eigenvalue weighted by Crippen LogP contribution is -2.36. The van der Waals surface area contributed by atoms with E-state index in [1.807, 2.05) is 32.9 Å². The third kappa shape index (κ3) is 4.27. The fraction of sp³-hybridized carbons (Fsp3) is 0.571. The average Bonchev–Trinajstić information content (AvgIpc) is 2.36. The molecule has 6 heteroatoms. The first kappa shape index (κ1) is 15.9. The molecule has 1 aromatic rings. The van der Waals surface area contributed by atoms with Crippen molar-refractivity contribution in [3.63, 3.8) is 0 Å². The van der Waals surface area contributed by atoms with E-state index in [9.17, 15) is 0 Å². The largest absolute Gasteiger partial charge is 0.378 e. The van der Waals surface area contributed by atoms with Crippen LogP contribution in [0.1, 0.15) is 20.8 Å². The van der Waals surface area contributed by atoms with Gasteiger partial charge in [0, 0.05) is 22.0 Å². The van der Waals surface area contributed by atoms with Crippen molar-refractivity contribution < 1.29 is 4.74 Å². The van der Waals surface area contributed by atoms with Crippen LogP contribution in [-0.2, 0) is 4.74 Å². The Morgan fingerprint density at radius 3 is 2.15 bits per heavy atom. The predicted octanol–water partition coefficient (Wildman–Crippen LogP) is 4.93. The summed E-state index contributed by atoms with van der Waals surface area (Å²) in [4.78, 5) is 2.31. The molecule has 0 bridgehead atoms. The van der Waals surface area contributed by atoms with E-state index in [0.29, 0.717) is 0 Å². The molecule has 1 aliphatic heterocycles. The van der Waals surface area contributed by atoms with Crippen LogP contribution in [0.5, 0.6) is 0 Å². The van der Waals surface area contributed by atoms with Crippen molar-refractivity contribution in [1.82, 2.24) is 0 Å². The summed E-state index contributed by atoms with van der Waals surface area (Å²) >= 11 is 7.28. The molecule has 0 atom stereocenters. The Bertz CT molecular complexity index is 483. The van der Waals surface area contributed by atoms with Crippen LogP contribution in [0.2, 0.25) is 0 Å². The van der Waals surface area contributed by atoms with E-state index in [1.165, 1.54) is 0 Å². The predicted molar refractivity (Wildman–Crippen MR) is 89.1 cm³/mol. The number of morpholine rings is 1. The topological polar surface area (TPSA) is 37.2 Å². The fourth-order valence-corrected chi connectivity index (χ4v) is 3.57. The lowest BCUT2D eigenvalue weighted by Gasteiger charge is -2.30. The molecule has 1 heterocycles. The third-order valence-corrected chi connectivity index (χ3v) is 4.00. The Kier molecular flexibility index (Phi) is 5.20. The van der Waals surface area contributed by atoms with E-state index in [4.69, 9.17) is 4.74 Å². The van der Waals surface area contributed by atoms with Crippen molar-refractivity contribution >= 4 is 43.2 Å². The molecule has 110 valence electrons. The van der Waals surface area contributed by atoms with Gasteiger partial charge in [0.25, 0.3) is 0 Å². The Morgan fingerprint density at radius 2 is 1.65 bits per heavy atom. The first-order valence-corrected chi connectivity index (χ1v) is 8.20. The van der Waals surface area contributed by atoms with E-state index in [1.54, 1.807) is 0 Å². The van der Waals surface area contributed by atoms with Gasteiger partial charge in [0.1, 0.15) is 0 Å². The standard InChI is InChI=1S/C14H19Br2N3O/c1-14(2,3)18-17-10-8-11(15)13(12(16)9-10)19-4-6-20-7-5-19/h8-9H,4-7H2,1-3H3. The molecule has 0 radical (unpaired) electrons. The van der Waals surface area contributed by atoms with Crippen LogP contribution in [0, 0.1) is 0 Å². The van der Waals surface area contributed by atoms with Crippen molar-refractivity contribution in [2.24, 2.45) is 10.2 Å². The number of anilines is 1. The molecule has 1 aromatic carbocycles. The van der Waals surface area contributed by atoms with Gasteiger partial charge >= 0.3 is 0 Å². The van der Waals surface area contributed by atoms with E-state index < -0.39 is 0 Å². The summed E-state index contributed by atoms with van der Waals surface area (Å²) in [7, 11) is 0. The van der Waals surface area contributed by atoms with Crippen molar-refractivity contribution in [2.75, 3.05) is 31.2 Å². The maximum atomic E-state index is 5.39. The van der Waals surface area contributed by atoms with Gasteiger partial charge in [-0.2, -0.15) is 10.2 Å². The van der Waals surface area contributed by atoms with Crippen molar-refractivity contribution in [3.05, 3.63) is 21.1 Å². The molecule has 1 fully saturated rings. The number of halogens is 2. The number of azo groups is 1. The van der Waals surface area contributed by atoms with Gasteiger partial charge in [0.05, 0.1) is 30.1 Å². The maximum absolute atomic E-state index is 5.39. The molecule has 4 nitrogen and oxygen atoms in total. The van der Waals surface area contributed by atoms with Crippen LogP contribution in [0.25, 0.3) is 0 Å². The second kappa shape index (κ2) is 6.54. The highest BCUT2D eigenvalue weighted by Gasteiger charge is 2.18. The molecule has 0 amide bonds. The SMILES string of the molecule is CC(C)(C)N=Nc1cc(Br)c(N2CCOCC2)c(Br)c1. The minimum absolute atomic E-state index is 0.165. The average molecular weight is 405 g/mol. The molecule has 2 rings (SSSR count). The Morgan fingerprint density at radius 1 is 1.10 bits per heavy atom. The monoisotopic (exact) mass is 403 g/mol. The highest BCUT2D eigenvalue weighted by Crippen LogP contribution is 2.38. The molecular formula is C14H19Br2N3O. The minimum Gasteiger partial charge on any atom is -0.378 e. The lowest BCUT2D eigenvalue weighted by molar-refractivity contribution is 0.122. The molecule has 0 unspecified atom stereocenters. The summed E-state index contributed by atoms with van der Waals surface area (Å²) in [6.07, 6.45) is 0. The number of rotatable bonds is 2. The van der Waals surface area contributed by atoms with Crippen LogP contribution in [-0.4, -0.2) is 31.8 Å². The zero-order valence-electron chi connectivity index (χ0n) is 12.0. The van der Waals surface area contributed by atoms with Crippen LogP contribution in [0.4, 0.5) is 11.4 Å². The van der Waals surface area contributed by atoms with Crippen LogP contribution < -0.4 is 4.90 Å². The Labute approximate surface area is 136 Å². The van der Waals surface area contributed by atoms with Gasteiger partial charge in [-0.25, -0.2) is 0 Å². The molecular weight excluding hydrogens is 386 g/mol. The molecule has 0 aromatic heterocycles. The first-order valence-electron chi connectivity index (χ1n) is 6.61. The molecule has 1 aliphatic rings. The van der Waals surface area contributed by atoms with Gasteiger partial charge in [0.15, 0.2) is 0 Å². The van der Waals surface area contributed by atoms with Crippen LogP contribution >= 0.6 is 31.9 Å². The molecule has 1 saturated heterocycles. The number of hydrogen-bond acceptors (Lipinski definition) is 4. The Hall–Kier alpha value is -0.460. The second-order valence-electron chi connectivity index (χ2n) is 5.73. The molecule has 20 heavy (non-hydrogen) atoms. The molecule has 0 N–H and O–H groups in total.